The van der Waals surface area contributed by atoms with E-state index < -0.39 is 32.5 Å². The van der Waals surface area contributed by atoms with E-state index in [0.29, 0.717) is 22.6 Å². The lowest BCUT2D eigenvalue weighted by Crippen LogP contribution is -2.38. The number of hydrogen-bond acceptors (Lipinski definition) is 5. The second-order valence-electron chi connectivity index (χ2n) is 8.66. The summed E-state index contributed by atoms with van der Waals surface area (Å²) in [4.78, 5) is 13.1. The molecule has 4 rings (SSSR count). The molecule has 8 nitrogen and oxygen atoms in total. The van der Waals surface area contributed by atoms with Gasteiger partial charge in [-0.15, -0.1) is 0 Å². The summed E-state index contributed by atoms with van der Waals surface area (Å²) in [7, 11) is -7.87. The van der Waals surface area contributed by atoms with Crippen LogP contribution in [0.15, 0.2) is 113 Å². The van der Waals surface area contributed by atoms with Crippen LogP contribution in [0.2, 0.25) is 0 Å². The predicted molar refractivity (Wildman–Crippen MR) is 149 cm³/mol. The molecule has 0 saturated carbocycles. The van der Waals surface area contributed by atoms with E-state index in [0.717, 1.165) is 9.87 Å². The van der Waals surface area contributed by atoms with E-state index in [2.05, 4.69) is 10.0 Å². The van der Waals surface area contributed by atoms with Gasteiger partial charge in [-0.25, -0.2) is 16.8 Å². The Bertz CT molecular complexity index is 1640. The summed E-state index contributed by atoms with van der Waals surface area (Å²) in [5, 5.41) is 2.67. The van der Waals surface area contributed by atoms with Gasteiger partial charge in [0.05, 0.1) is 15.5 Å². The molecule has 0 aliphatic rings. The van der Waals surface area contributed by atoms with Gasteiger partial charge in [-0.3, -0.25) is 13.8 Å². The lowest BCUT2D eigenvalue weighted by Gasteiger charge is -2.26. The minimum atomic E-state index is -4.05. The summed E-state index contributed by atoms with van der Waals surface area (Å²) in [5.74, 6) is -0.580. The van der Waals surface area contributed by atoms with Crippen molar-refractivity contribution in [3.63, 3.8) is 0 Å². The maximum absolute atomic E-state index is 13.6. The van der Waals surface area contributed by atoms with Gasteiger partial charge in [0, 0.05) is 11.4 Å². The van der Waals surface area contributed by atoms with Gasteiger partial charge in [0.2, 0.25) is 5.91 Å². The average Bonchev–Trinajstić information content (AvgIpc) is 2.90. The molecule has 0 bridgehead atoms. The first kappa shape index (κ1) is 26.9. The average molecular weight is 550 g/mol. The normalized spacial score (nSPS) is 11.5. The number of rotatable bonds is 9. The zero-order chi connectivity index (χ0) is 27.3. The number of anilines is 3. The number of nitrogens with one attached hydrogen (secondary N) is 2. The van der Waals surface area contributed by atoms with Gasteiger partial charge in [-0.05, 0) is 79.6 Å². The highest BCUT2D eigenvalue weighted by atomic mass is 32.2. The number of sulfonamides is 2. The van der Waals surface area contributed by atoms with Crippen LogP contribution in [0.5, 0.6) is 0 Å². The molecule has 4 aromatic rings. The fourth-order valence-electron chi connectivity index (χ4n) is 3.78. The van der Waals surface area contributed by atoms with Crippen molar-refractivity contribution in [1.29, 1.82) is 0 Å². The molecule has 38 heavy (non-hydrogen) atoms. The lowest BCUT2D eigenvalue weighted by atomic mass is 10.1. The first-order chi connectivity index (χ1) is 18.1. The van der Waals surface area contributed by atoms with Gasteiger partial charge < -0.3 is 5.32 Å². The topological polar surface area (TPSA) is 113 Å². The molecular weight excluding hydrogens is 522 g/mol. The highest BCUT2D eigenvalue weighted by Crippen LogP contribution is 2.28. The minimum absolute atomic E-state index is 0.0167. The van der Waals surface area contributed by atoms with Crippen molar-refractivity contribution in [1.82, 2.24) is 0 Å². The van der Waals surface area contributed by atoms with E-state index in [-0.39, 0.29) is 9.79 Å². The Morgan fingerprint density at radius 1 is 0.711 bits per heavy atom. The monoisotopic (exact) mass is 549 g/mol. The molecule has 0 aliphatic heterocycles. The SMILES string of the molecule is Cc1ccc(C)c(N(CC(=O)Nc2ccc(S(=O)(=O)Nc3ccccc3)cc2)S(=O)(=O)c2ccccc2)c1. The molecule has 0 aliphatic carbocycles. The van der Waals surface area contributed by atoms with Crippen LogP contribution in [0.25, 0.3) is 0 Å². The van der Waals surface area contributed by atoms with Crippen molar-refractivity contribution < 1.29 is 21.6 Å². The first-order valence-corrected chi connectivity index (χ1v) is 14.6. The summed E-state index contributed by atoms with van der Waals surface area (Å²) in [6.07, 6.45) is 0. The Labute approximate surface area is 223 Å². The fourth-order valence-corrected chi connectivity index (χ4v) is 6.33. The molecule has 0 unspecified atom stereocenters. The van der Waals surface area contributed by atoms with Gasteiger partial charge in [0.1, 0.15) is 6.54 Å². The molecule has 1 amide bonds. The molecule has 0 spiro atoms. The molecule has 0 aromatic heterocycles. The maximum atomic E-state index is 13.6. The van der Waals surface area contributed by atoms with E-state index in [1.54, 1.807) is 67.6 Å². The summed E-state index contributed by atoms with van der Waals surface area (Å²) in [6.45, 7) is 3.15. The second-order valence-corrected chi connectivity index (χ2v) is 12.2. The summed E-state index contributed by atoms with van der Waals surface area (Å²) in [6, 6.07) is 27.4. The number of hydrogen-bond donors (Lipinski definition) is 2. The van der Waals surface area contributed by atoms with Crippen LogP contribution in [-0.2, 0) is 24.8 Å². The second kappa shape index (κ2) is 11.1. The smallest absolute Gasteiger partial charge is 0.264 e. The van der Waals surface area contributed by atoms with Crippen LogP contribution < -0.4 is 14.3 Å². The Kier molecular flexibility index (Phi) is 7.84. The molecule has 2 N–H and O–H groups in total. The number of carbonyl (C=O) groups excluding carboxylic acids is 1. The largest absolute Gasteiger partial charge is 0.325 e. The van der Waals surface area contributed by atoms with E-state index in [4.69, 9.17) is 0 Å². The number of carbonyl (C=O) groups is 1. The van der Waals surface area contributed by atoms with E-state index in [9.17, 15) is 21.6 Å². The van der Waals surface area contributed by atoms with Crippen molar-refractivity contribution in [3.8, 4) is 0 Å². The highest BCUT2D eigenvalue weighted by molar-refractivity contribution is 7.93. The van der Waals surface area contributed by atoms with Crippen LogP contribution in [0, 0.1) is 13.8 Å². The van der Waals surface area contributed by atoms with Crippen molar-refractivity contribution in [2.45, 2.75) is 23.6 Å². The molecule has 0 saturated heterocycles. The lowest BCUT2D eigenvalue weighted by molar-refractivity contribution is -0.114. The van der Waals surface area contributed by atoms with Gasteiger partial charge in [-0.1, -0.05) is 48.5 Å². The van der Waals surface area contributed by atoms with Crippen molar-refractivity contribution in [3.05, 3.63) is 114 Å². The molecule has 196 valence electrons. The maximum Gasteiger partial charge on any atom is 0.264 e. The zero-order valence-electron chi connectivity index (χ0n) is 20.8. The number of benzene rings is 4. The minimum Gasteiger partial charge on any atom is -0.325 e. The molecule has 0 heterocycles. The van der Waals surface area contributed by atoms with Crippen LogP contribution in [0.4, 0.5) is 17.1 Å². The van der Waals surface area contributed by atoms with E-state index in [1.165, 1.54) is 36.4 Å². The first-order valence-electron chi connectivity index (χ1n) is 11.7. The molecule has 10 heteroatoms. The number of nitrogens with zero attached hydrogens (tertiary/aromatic N) is 1. The zero-order valence-corrected chi connectivity index (χ0v) is 22.5. The summed E-state index contributed by atoms with van der Waals surface area (Å²) >= 11 is 0. The van der Waals surface area contributed by atoms with Crippen molar-refractivity contribution >= 4 is 43.0 Å². The Balaban J connectivity index is 1.56. The molecule has 0 radical (unpaired) electrons. The van der Waals surface area contributed by atoms with Crippen LogP contribution in [-0.4, -0.2) is 29.3 Å². The number of aryl methyl sites for hydroxylation is 2. The Morgan fingerprint density at radius 3 is 1.95 bits per heavy atom. The molecule has 4 aromatic carbocycles. The predicted octanol–water partition coefficient (Wildman–Crippen LogP) is 4.94. The van der Waals surface area contributed by atoms with Gasteiger partial charge in [0.15, 0.2) is 0 Å². The van der Waals surface area contributed by atoms with Crippen molar-refractivity contribution in [2.24, 2.45) is 0 Å². The van der Waals surface area contributed by atoms with E-state index >= 15 is 0 Å². The molecule has 0 fully saturated rings. The van der Waals surface area contributed by atoms with Gasteiger partial charge >= 0.3 is 0 Å². The highest BCUT2D eigenvalue weighted by Gasteiger charge is 2.28. The number of para-hydroxylation sites is 1. The Hall–Kier alpha value is -4.15. The summed E-state index contributed by atoms with van der Waals surface area (Å²) < 4.78 is 56.0. The third-order valence-corrected chi connectivity index (χ3v) is 8.90. The molecular formula is C28H27N3O5S2. The van der Waals surface area contributed by atoms with Crippen LogP contribution >= 0.6 is 0 Å². The van der Waals surface area contributed by atoms with Crippen LogP contribution in [0.1, 0.15) is 11.1 Å². The van der Waals surface area contributed by atoms with Gasteiger partial charge in [0.25, 0.3) is 20.0 Å². The fraction of sp³-hybridized carbons (Fsp3) is 0.107. The summed E-state index contributed by atoms with van der Waals surface area (Å²) in [5.41, 5.74) is 2.70. The third-order valence-electron chi connectivity index (χ3n) is 5.73. The van der Waals surface area contributed by atoms with E-state index in [1.807, 2.05) is 13.0 Å². The standard InChI is InChI=1S/C28H27N3O5S2/c1-21-13-14-22(2)27(19-21)31(38(35,36)26-11-7-4-8-12-26)20-28(32)29-23-15-17-25(18-16-23)37(33,34)30-24-9-5-3-6-10-24/h3-19,30H,20H2,1-2H3,(H,29,32). The van der Waals surface area contributed by atoms with Crippen LogP contribution in [0.3, 0.4) is 0 Å². The molecule has 0 atom stereocenters. The number of amides is 1. The van der Waals surface area contributed by atoms with Crippen molar-refractivity contribution in [2.75, 3.05) is 20.9 Å². The van der Waals surface area contributed by atoms with Gasteiger partial charge in [-0.2, -0.15) is 0 Å². The third kappa shape index (κ3) is 6.21. The Morgan fingerprint density at radius 2 is 1.32 bits per heavy atom. The quantitative estimate of drug-likeness (QED) is 0.307.